The molecule has 1 aromatic rings. The standard InChI is InChI=1S/C15H23N3O/c1-11-7-14(8-16)10-18(11)9-13-3-5-15(6-4-13)17-12(2)19/h3-6,11,14H,7-10,16H2,1-2H3,(H,17,19). The summed E-state index contributed by atoms with van der Waals surface area (Å²) in [6, 6.07) is 8.67. The van der Waals surface area contributed by atoms with Crippen LogP contribution < -0.4 is 11.1 Å². The van der Waals surface area contributed by atoms with Crippen LogP contribution in [0.15, 0.2) is 24.3 Å². The van der Waals surface area contributed by atoms with Crippen LogP contribution in [0.25, 0.3) is 0 Å². The first-order valence-electron chi connectivity index (χ1n) is 6.89. The van der Waals surface area contributed by atoms with Crippen molar-refractivity contribution in [2.45, 2.75) is 32.9 Å². The summed E-state index contributed by atoms with van der Waals surface area (Å²) in [6.07, 6.45) is 1.19. The Balaban J connectivity index is 1.94. The molecule has 1 saturated heterocycles. The van der Waals surface area contributed by atoms with Crippen LogP contribution in [-0.4, -0.2) is 29.9 Å². The monoisotopic (exact) mass is 261 g/mol. The molecule has 1 aliphatic rings. The zero-order chi connectivity index (χ0) is 13.8. The van der Waals surface area contributed by atoms with E-state index in [0.717, 1.165) is 25.3 Å². The van der Waals surface area contributed by atoms with Crippen LogP contribution in [0.5, 0.6) is 0 Å². The number of rotatable bonds is 4. The molecule has 0 aromatic heterocycles. The Labute approximate surface area is 115 Å². The number of hydrogen-bond acceptors (Lipinski definition) is 3. The van der Waals surface area contributed by atoms with Gasteiger partial charge in [0.2, 0.25) is 5.91 Å². The van der Waals surface area contributed by atoms with Crippen LogP contribution in [0.4, 0.5) is 5.69 Å². The summed E-state index contributed by atoms with van der Waals surface area (Å²) in [5.41, 5.74) is 7.88. The Hall–Kier alpha value is -1.39. The summed E-state index contributed by atoms with van der Waals surface area (Å²) in [7, 11) is 0. The van der Waals surface area contributed by atoms with E-state index in [2.05, 4.69) is 29.3 Å². The second-order valence-corrected chi connectivity index (χ2v) is 5.49. The number of carbonyl (C=O) groups excluding carboxylic acids is 1. The molecule has 1 aromatic carbocycles. The van der Waals surface area contributed by atoms with E-state index in [9.17, 15) is 4.79 Å². The highest BCUT2D eigenvalue weighted by molar-refractivity contribution is 5.88. The summed E-state index contributed by atoms with van der Waals surface area (Å²) < 4.78 is 0. The van der Waals surface area contributed by atoms with Gasteiger partial charge in [0.15, 0.2) is 0 Å². The third-order valence-corrected chi connectivity index (χ3v) is 3.78. The molecule has 0 aliphatic carbocycles. The van der Waals surface area contributed by atoms with Crippen LogP contribution in [-0.2, 0) is 11.3 Å². The molecular formula is C15H23N3O. The molecule has 0 radical (unpaired) electrons. The molecule has 4 heteroatoms. The molecule has 4 nitrogen and oxygen atoms in total. The third-order valence-electron chi connectivity index (χ3n) is 3.78. The second-order valence-electron chi connectivity index (χ2n) is 5.49. The SMILES string of the molecule is CC(=O)Nc1ccc(CN2CC(CN)CC2C)cc1. The van der Waals surface area contributed by atoms with Crippen LogP contribution in [0.2, 0.25) is 0 Å². The van der Waals surface area contributed by atoms with Gasteiger partial charge in [0.05, 0.1) is 0 Å². The Kier molecular flexibility index (Phi) is 4.56. The Morgan fingerprint density at radius 3 is 2.63 bits per heavy atom. The van der Waals surface area contributed by atoms with E-state index >= 15 is 0 Å². The minimum atomic E-state index is -0.0355. The highest BCUT2D eigenvalue weighted by Gasteiger charge is 2.27. The second kappa shape index (κ2) is 6.17. The maximum absolute atomic E-state index is 11.0. The zero-order valence-electron chi connectivity index (χ0n) is 11.7. The van der Waals surface area contributed by atoms with Gasteiger partial charge < -0.3 is 11.1 Å². The molecular weight excluding hydrogens is 238 g/mol. The van der Waals surface area contributed by atoms with Crippen molar-refractivity contribution < 1.29 is 4.79 Å². The number of nitrogens with zero attached hydrogens (tertiary/aromatic N) is 1. The summed E-state index contributed by atoms with van der Waals surface area (Å²) >= 11 is 0. The van der Waals surface area contributed by atoms with Crippen LogP contribution >= 0.6 is 0 Å². The summed E-state index contributed by atoms with van der Waals surface area (Å²) in [5.74, 6) is 0.598. The average molecular weight is 261 g/mol. The number of amides is 1. The first kappa shape index (κ1) is 14.0. The predicted molar refractivity (Wildman–Crippen MR) is 77.8 cm³/mol. The molecule has 104 valence electrons. The number of nitrogens with two attached hydrogens (primary N) is 1. The zero-order valence-corrected chi connectivity index (χ0v) is 11.7. The summed E-state index contributed by atoms with van der Waals surface area (Å²) in [4.78, 5) is 13.4. The number of anilines is 1. The lowest BCUT2D eigenvalue weighted by molar-refractivity contribution is -0.114. The van der Waals surface area contributed by atoms with Crippen molar-refractivity contribution in [1.82, 2.24) is 4.90 Å². The van der Waals surface area contributed by atoms with Gasteiger partial charge in [0.25, 0.3) is 0 Å². The van der Waals surface area contributed by atoms with Crippen molar-refractivity contribution in [1.29, 1.82) is 0 Å². The first-order valence-corrected chi connectivity index (χ1v) is 6.89. The molecule has 2 unspecified atom stereocenters. The lowest BCUT2D eigenvalue weighted by atomic mass is 10.1. The van der Waals surface area contributed by atoms with Crippen molar-refractivity contribution in [3.8, 4) is 0 Å². The predicted octanol–water partition coefficient (Wildman–Crippen LogP) is 1.81. The molecule has 0 saturated carbocycles. The quantitative estimate of drug-likeness (QED) is 0.869. The van der Waals surface area contributed by atoms with E-state index in [-0.39, 0.29) is 5.91 Å². The summed E-state index contributed by atoms with van der Waals surface area (Å²) in [6.45, 7) is 6.61. The normalized spacial score (nSPS) is 23.5. The number of carbonyl (C=O) groups is 1. The lowest BCUT2D eigenvalue weighted by Gasteiger charge is -2.21. The van der Waals surface area contributed by atoms with Gasteiger partial charge in [-0.3, -0.25) is 9.69 Å². The number of likely N-dealkylation sites (tertiary alicyclic amines) is 1. The average Bonchev–Trinajstić information content (AvgIpc) is 2.72. The fourth-order valence-corrected chi connectivity index (χ4v) is 2.74. The van der Waals surface area contributed by atoms with E-state index < -0.39 is 0 Å². The van der Waals surface area contributed by atoms with E-state index in [1.807, 2.05) is 12.1 Å². The minimum absolute atomic E-state index is 0.0355. The molecule has 1 heterocycles. The van der Waals surface area contributed by atoms with Crippen molar-refractivity contribution in [2.24, 2.45) is 11.7 Å². The molecule has 0 spiro atoms. The van der Waals surface area contributed by atoms with Gasteiger partial charge in [-0.25, -0.2) is 0 Å². The van der Waals surface area contributed by atoms with E-state index in [1.54, 1.807) is 0 Å². The third kappa shape index (κ3) is 3.78. The van der Waals surface area contributed by atoms with Gasteiger partial charge in [-0.1, -0.05) is 12.1 Å². The van der Waals surface area contributed by atoms with Crippen molar-refractivity contribution in [2.75, 3.05) is 18.4 Å². The highest BCUT2D eigenvalue weighted by atomic mass is 16.1. The summed E-state index contributed by atoms with van der Waals surface area (Å²) in [5, 5.41) is 2.78. The molecule has 19 heavy (non-hydrogen) atoms. The molecule has 3 N–H and O–H groups in total. The van der Waals surface area contributed by atoms with Crippen LogP contribution in [0.1, 0.15) is 25.8 Å². The maximum atomic E-state index is 11.0. The first-order chi connectivity index (χ1) is 9.08. The smallest absolute Gasteiger partial charge is 0.221 e. The van der Waals surface area contributed by atoms with Gasteiger partial charge >= 0.3 is 0 Å². The molecule has 1 amide bonds. The van der Waals surface area contributed by atoms with E-state index in [4.69, 9.17) is 5.73 Å². The Bertz CT molecular complexity index is 430. The fourth-order valence-electron chi connectivity index (χ4n) is 2.74. The van der Waals surface area contributed by atoms with Crippen LogP contribution in [0.3, 0.4) is 0 Å². The molecule has 2 atom stereocenters. The van der Waals surface area contributed by atoms with Crippen molar-refractivity contribution in [3.05, 3.63) is 29.8 Å². The Morgan fingerprint density at radius 2 is 2.11 bits per heavy atom. The Morgan fingerprint density at radius 1 is 1.42 bits per heavy atom. The van der Waals surface area contributed by atoms with Crippen molar-refractivity contribution in [3.63, 3.8) is 0 Å². The van der Waals surface area contributed by atoms with E-state index in [1.165, 1.54) is 18.9 Å². The highest BCUT2D eigenvalue weighted by Crippen LogP contribution is 2.24. The van der Waals surface area contributed by atoms with Gasteiger partial charge in [-0.2, -0.15) is 0 Å². The van der Waals surface area contributed by atoms with Gasteiger partial charge in [-0.05, 0) is 43.5 Å². The number of hydrogen-bond donors (Lipinski definition) is 2. The fraction of sp³-hybridized carbons (Fsp3) is 0.533. The van der Waals surface area contributed by atoms with Gasteiger partial charge in [-0.15, -0.1) is 0 Å². The van der Waals surface area contributed by atoms with E-state index in [0.29, 0.717) is 12.0 Å². The lowest BCUT2D eigenvalue weighted by Crippen LogP contribution is -2.27. The minimum Gasteiger partial charge on any atom is -0.330 e. The maximum Gasteiger partial charge on any atom is 0.221 e. The number of nitrogens with one attached hydrogen (secondary N) is 1. The van der Waals surface area contributed by atoms with Crippen LogP contribution in [0, 0.1) is 5.92 Å². The van der Waals surface area contributed by atoms with Gasteiger partial charge in [0, 0.05) is 31.7 Å². The topological polar surface area (TPSA) is 58.4 Å². The molecule has 1 fully saturated rings. The number of benzene rings is 1. The van der Waals surface area contributed by atoms with Crippen molar-refractivity contribution >= 4 is 11.6 Å². The molecule has 0 bridgehead atoms. The molecule has 2 rings (SSSR count). The molecule has 1 aliphatic heterocycles. The van der Waals surface area contributed by atoms with Gasteiger partial charge in [0.1, 0.15) is 0 Å². The largest absolute Gasteiger partial charge is 0.330 e.